The summed E-state index contributed by atoms with van der Waals surface area (Å²) in [6.07, 6.45) is 2.98. The van der Waals surface area contributed by atoms with Crippen molar-refractivity contribution in [2.45, 2.75) is 43.6 Å². The van der Waals surface area contributed by atoms with Crippen molar-refractivity contribution < 1.29 is 9.90 Å². The van der Waals surface area contributed by atoms with Gasteiger partial charge in [-0.25, -0.2) is 0 Å². The van der Waals surface area contributed by atoms with Gasteiger partial charge in [-0.05, 0) is 43.6 Å². The van der Waals surface area contributed by atoms with E-state index in [-0.39, 0.29) is 17.8 Å². The van der Waals surface area contributed by atoms with E-state index in [0.717, 1.165) is 37.0 Å². The number of aliphatic hydroxyl groups excluding tert-OH is 1. The van der Waals surface area contributed by atoms with Gasteiger partial charge in [-0.3, -0.25) is 4.79 Å². The number of hydrogen-bond acceptors (Lipinski definition) is 3. The summed E-state index contributed by atoms with van der Waals surface area (Å²) >= 11 is 1.79. The van der Waals surface area contributed by atoms with Crippen molar-refractivity contribution in [3.05, 3.63) is 29.8 Å². The number of Topliss-reactive ketones (excluding diaryl/α,β-unsaturated/α-hetero) is 1. The van der Waals surface area contributed by atoms with E-state index in [2.05, 4.69) is 6.92 Å². The fourth-order valence-electron chi connectivity index (χ4n) is 2.46. The molecule has 1 aliphatic carbocycles. The molecule has 0 spiro atoms. The minimum atomic E-state index is -0.197. The lowest BCUT2D eigenvalue weighted by Crippen LogP contribution is -2.24. The van der Waals surface area contributed by atoms with Gasteiger partial charge in [0.25, 0.3) is 0 Å². The summed E-state index contributed by atoms with van der Waals surface area (Å²) in [4.78, 5) is 13.5. The van der Waals surface area contributed by atoms with Crippen molar-refractivity contribution in [1.82, 2.24) is 0 Å². The normalized spacial score (nSPS) is 23.9. The molecule has 0 heterocycles. The molecule has 3 heteroatoms. The van der Waals surface area contributed by atoms with Gasteiger partial charge in [-0.1, -0.05) is 19.1 Å². The van der Waals surface area contributed by atoms with E-state index >= 15 is 0 Å². The van der Waals surface area contributed by atoms with Crippen LogP contribution in [-0.4, -0.2) is 22.7 Å². The fraction of sp³-hybridized carbons (Fsp3) is 0.533. The van der Waals surface area contributed by atoms with Crippen molar-refractivity contribution in [3.63, 3.8) is 0 Å². The third-order valence-electron chi connectivity index (χ3n) is 3.52. The summed E-state index contributed by atoms with van der Waals surface area (Å²) in [5, 5.41) is 9.46. The summed E-state index contributed by atoms with van der Waals surface area (Å²) in [6, 6.07) is 7.93. The molecule has 2 nitrogen and oxygen atoms in total. The summed E-state index contributed by atoms with van der Waals surface area (Å²) in [5.74, 6) is 1.40. The molecule has 0 bridgehead atoms. The van der Waals surface area contributed by atoms with E-state index in [4.69, 9.17) is 0 Å². The summed E-state index contributed by atoms with van der Waals surface area (Å²) < 4.78 is 0. The Morgan fingerprint density at radius 2 is 1.83 bits per heavy atom. The molecule has 0 aromatic heterocycles. The van der Waals surface area contributed by atoms with Crippen molar-refractivity contribution in [2.75, 3.05) is 5.75 Å². The van der Waals surface area contributed by atoms with Crippen LogP contribution in [-0.2, 0) is 0 Å². The van der Waals surface area contributed by atoms with Crippen molar-refractivity contribution >= 4 is 17.5 Å². The summed E-state index contributed by atoms with van der Waals surface area (Å²) in [5.41, 5.74) is 0.817. The second kappa shape index (κ2) is 6.39. The van der Waals surface area contributed by atoms with E-state index in [1.807, 2.05) is 24.3 Å². The zero-order valence-corrected chi connectivity index (χ0v) is 11.6. The van der Waals surface area contributed by atoms with E-state index in [0.29, 0.717) is 0 Å². The zero-order chi connectivity index (χ0) is 13.0. The van der Waals surface area contributed by atoms with Gasteiger partial charge in [-0.15, -0.1) is 11.8 Å². The molecule has 0 aliphatic heterocycles. The number of ketones is 1. The number of benzene rings is 1. The van der Waals surface area contributed by atoms with Gasteiger partial charge >= 0.3 is 0 Å². The molecule has 1 fully saturated rings. The quantitative estimate of drug-likeness (QED) is 0.667. The van der Waals surface area contributed by atoms with Crippen LogP contribution in [0.1, 0.15) is 43.0 Å². The molecular formula is C15H20O2S. The number of carbonyl (C=O) groups excluding carboxylic acids is 1. The van der Waals surface area contributed by atoms with Crippen molar-refractivity contribution in [1.29, 1.82) is 0 Å². The second-order valence-corrected chi connectivity index (χ2v) is 6.16. The summed E-state index contributed by atoms with van der Waals surface area (Å²) in [6.45, 7) is 2.12. The predicted molar refractivity (Wildman–Crippen MR) is 75.1 cm³/mol. The van der Waals surface area contributed by atoms with Gasteiger partial charge in [0.1, 0.15) is 0 Å². The number of aliphatic hydroxyl groups is 1. The van der Waals surface area contributed by atoms with Crippen LogP contribution in [0.5, 0.6) is 0 Å². The molecule has 1 aliphatic rings. The first kappa shape index (κ1) is 13.6. The maximum atomic E-state index is 12.3. The van der Waals surface area contributed by atoms with Gasteiger partial charge in [0, 0.05) is 16.4 Å². The Balaban J connectivity index is 2.00. The molecule has 1 aromatic rings. The van der Waals surface area contributed by atoms with Gasteiger partial charge < -0.3 is 5.11 Å². The maximum Gasteiger partial charge on any atom is 0.165 e. The monoisotopic (exact) mass is 264 g/mol. The molecule has 18 heavy (non-hydrogen) atoms. The largest absolute Gasteiger partial charge is 0.393 e. The van der Waals surface area contributed by atoms with Crippen LogP contribution >= 0.6 is 11.8 Å². The average molecular weight is 264 g/mol. The Labute approximate surface area is 113 Å². The zero-order valence-electron chi connectivity index (χ0n) is 10.8. The number of hydrogen-bond donors (Lipinski definition) is 1. The maximum absolute atomic E-state index is 12.3. The molecule has 0 amide bonds. The average Bonchev–Trinajstić information content (AvgIpc) is 2.40. The Hall–Kier alpha value is -0.800. The highest BCUT2D eigenvalue weighted by Crippen LogP contribution is 2.28. The number of rotatable bonds is 4. The lowest BCUT2D eigenvalue weighted by atomic mass is 9.82. The smallest absolute Gasteiger partial charge is 0.165 e. The van der Waals surface area contributed by atoms with Crippen LogP contribution in [0, 0.1) is 5.92 Å². The Morgan fingerprint density at radius 1 is 1.22 bits per heavy atom. The van der Waals surface area contributed by atoms with Gasteiger partial charge in [0.05, 0.1) is 6.10 Å². The molecule has 1 aromatic carbocycles. The Kier molecular flexibility index (Phi) is 4.84. The van der Waals surface area contributed by atoms with E-state index in [1.54, 1.807) is 11.8 Å². The highest BCUT2D eigenvalue weighted by atomic mass is 32.2. The molecule has 0 unspecified atom stereocenters. The van der Waals surface area contributed by atoms with Gasteiger partial charge in [-0.2, -0.15) is 0 Å². The van der Waals surface area contributed by atoms with Crippen LogP contribution in [0.2, 0.25) is 0 Å². The van der Waals surface area contributed by atoms with Crippen LogP contribution in [0.3, 0.4) is 0 Å². The van der Waals surface area contributed by atoms with Crippen LogP contribution in [0.25, 0.3) is 0 Å². The fourth-order valence-corrected chi connectivity index (χ4v) is 3.12. The lowest BCUT2D eigenvalue weighted by Gasteiger charge is -2.24. The first-order chi connectivity index (χ1) is 8.70. The topological polar surface area (TPSA) is 37.3 Å². The molecular weight excluding hydrogens is 244 g/mol. The highest BCUT2D eigenvalue weighted by Gasteiger charge is 2.25. The van der Waals surface area contributed by atoms with Crippen molar-refractivity contribution in [2.24, 2.45) is 5.92 Å². The van der Waals surface area contributed by atoms with Crippen LogP contribution in [0.15, 0.2) is 29.2 Å². The standard InChI is InChI=1S/C15H20O2S/c1-2-18-14-9-5-12(6-10-14)15(17)11-3-7-13(16)8-4-11/h5-6,9-11,13,16H,2-4,7-8H2,1H3. The lowest BCUT2D eigenvalue weighted by molar-refractivity contribution is 0.0764. The van der Waals surface area contributed by atoms with E-state index in [1.165, 1.54) is 4.90 Å². The molecule has 0 atom stereocenters. The van der Waals surface area contributed by atoms with E-state index < -0.39 is 0 Å². The highest BCUT2D eigenvalue weighted by molar-refractivity contribution is 7.99. The van der Waals surface area contributed by atoms with E-state index in [9.17, 15) is 9.90 Å². The third kappa shape index (κ3) is 3.36. The molecule has 0 saturated heterocycles. The third-order valence-corrected chi connectivity index (χ3v) is 4.41. The van der Waals surface area contributed by atoms with Gasteiger partial charge in [0.15, 0.2) is 5.78 Å². The second-order valence-electron chi connectivity index (χ2n) is 4.83. The van der Waals surface area contributed by atoms with Crippen LogP contribution in [0.4, 0.5) is 0 Å². The number of carbonyl (C=O) groups is 1. The Bertz CT molecular complexity index is 391. The molecule has 2 rings (SSSR count). The SMILES string of the molecule is CCSc1ccc(C(=O)C2CCC(O)CC2)cc1. The number of thioether (sulfide) groups is 1. The first-order valence-corrected chi connectivity index (χ1v) is 7.64. The van der Waals surface area contributed by atoms with Crippen LogP contribution < -0.4 is 0 Å². The minimum Gasteiger partial charge on any atom is -0.393 e. The van der Waals surface area contributed by atoms with Crippen molar-refractivity contribution in [3.8, 4) is 0 Å². The Morgan fingerprint density at radius 3 is 2.39 bits per heavy atom. The van der Waals surface area contributed by atoms with Gasteiger partial charge in [0.2, 0.25) is 0 Å². The summed E-state index contributed by atoms with van der Waals surface area (Å²) in [7, 11) is 0. The molecule has 0 radical (unpaired) electrons. The molecule has 98 valence electrons. The first-order valence-electron chi connectivity index (χ1n) is 6.66. The molecule has 1 saturated carbocycles. The predicted octanol–water partition coefficient (Wildman–Crippen LogP) is 3.53. The minimum absolute atomic E-state index is 0.109. The molecule has 1 N–H and O–H groups in total.